The molecule has 3 aromatic rings. The van der Waals surface area contributed by atoms with Gasteiger partial charge in [0.2, 0.25) is 5.91 Å². The Kier molecular flexibility index (Phi) is 4.97. The second-order valence-corrected chi connectivity index (χ2v) is 6.88. The number of halogens is 1. The van der Waals surface area contributed by atoms with E-state index in [1.165, 1.54) is 22.5 Å². The fourth-order valence-electron chi connectivity index (χ4n) is 2.33. The Morgan fingerprint density at radius 1 is 1.00 bits per heavy atom. The number of nitrogens with one attached hydrogen (secondary N) is 1. The Bertz CT molecular complexity index is 791. The molecule has 1 heterocycles. The number of amides is 1. The standard InChI is InChI=1S/C19H17ClN2OS/c1-12-3-7-14(8-4-12)17-18(15-9-5-13(2)6-10-15)24-19(22-17)21-16(23)11-20/h3-10H,11H2,1-2H3,(H,21,22,23). The van der Waals surface area contributed by atoms with E-state index in [9.17, 15) is 4.79 Å². The SMILES string of the molecule is Cc1ccc(-c2nc(NC(=O)CCl)sc2-c2ccc(C)cc2)cc1. The Labute approximate surface area is 150 Å². The van der Waals surface area contributed by atoms with Gasteiger partial charge in [-0.3, -0.25) is 4.79 Å². The molecule has 0 aliphatic carbocycles. The van der Waals surface area contributed by atoms with E-state index in [0.717, 1.165) is 21.7 Å². The first-order chi connectivity index (χ1) is 11.6. The van der Waals surface area contributed by atoms with Gasteiger partial charge in [0.25, 0.3) is 0 Å². The number of aromatic nitrogens is 1. The number of anilines is 1. The smallest absolute Gasteiger partial charge is 0.241 e. The summed E-state index contributed by atoms with van der Waals surface area (Å²) in [6.07, 6.45) is 0. The molecule has 1 aromatic heterocycles. The first kappa shape index (κ1) is 16.7. The van der Waals surface area contributed by atoms with Crippen molar-refractivity contribution in [3.05, 3.63) is 59.7 Å². The molecule has 24 heavy (non-hydrogen) atoms. The lowest BCUT2D eigenvalue weighted by atomic mass is 10.0. The molecule has 2 aromatic carbocycles. The second-order valence-electron chi connectivity index (χ2n) is 5.61. The van der Waals surface area contributed by atoms with Crippen LogP contribution < -0.4 is 5.32 Å². The Morgan fingerprint density at radius 3 is 2.08 bits per heavy atom. The van der Waals surface area contributed by atoms with Crippen LogP contribution in [-0.2, 0) is 4.79 Å². The summed E-state index contributed by atoms with van der Waals surface area (Å²) in [7, 11) is 0. The van der Waals surface area contributed by atoms with Crippen LogP contribution in [0, 0.1) is 13.8 Å². The van der Waals surface area contributed by atoms with Gasteiger partial charge in [0.05, 0.1) is 10.6 Å². The number of rotatable bonds is 4. The predicted octanol–water partition coefficient (Wildman–Crippen LogP) is 5.27. The van der Waals surface area contributed by atoms with Gasteiger partial charge in [-0.25, -0.2) is 4.98 Å². The monoisotopic (exact) mass is 356 g/mol. The van der Waals surface area contributed by atoms with Gasteiger partial charge in [0.15, 0.2) is 5.13 Å². The summed E-state index contributed by atoms with van der Waals surface area (Å²) < 4.78 is 0. The van der Waals surface area contributed by atoms with Crippen LogP contribution in [0.25, 0.3) is 21.7 Å². The highest BCUT2D eigenvalue weighted by atomic mass is 35.5. The summed E-state index contributed by atoms with van der Waals surface area (Å²) >= 11 is 7.04. The molecule has 0 saturated heterocycles. The fourth-order valence-corrected chi connectivity index (χ4v) is 3.41. The maximum absolute atomic E-state index is 11.6. The van der Waals surface area contributed by atoms with Gasteiger partial charge in [0.1, 0.15) is 5.88 Å². The van der Waals surface area contributed by atoms with Crippen molar-refractivity contribution in [3.63, 3.8) is 0 Å². The lowest BCUT2D eigenvalue weighted by molar-refractivity contribution is -0.113. The quantitative estimate of drug-likeness (QED) is 0.647. The van der Waals surface area contributed by atoms with Crippen molar-refractivity contribution < 1.29 is 4.79 Å². The molecule has 1 amide bonds. The average Bonchev–Trinajstić information content (AvgIpc) is 2.99. The first-order valence-electron chi connectivity index (χ1n) is 7.57. The number of hydrogen-bond donors (Lipinski definition) is 1. The average molecular weight is 357 g/mol. The van der Waals surface area contributed by atoms with E-state index in [4.69, 9.17) is 11.6 Å². The molecule has 0 radical (unpaired) electrons. The number of thiazole rings is 1. The number of hydrogen-bond acceptors (Lipinski definition) is 3. The van der Waals surface area contributed by atoms with Gasteiger partial charge in [-0.2, -0.15) is 0 Å². The van der Waals surface area contributed by atoms with E-state index in [1.54, 1.807) is 0 Å². The van der Waals surface area contributed by atoms with Crippen molar-refractivity contribution in [3.8, 4) is 21.7 Å². The number of nitrogens with zero attached hydrogens (tertiary/aromatic N) is 1. The molecule has 3 nitrogen and oxygen atoms in total. The molecule has 5 heteroatoms. The Morgan fingerprint density at radius 2 is 1.54 bits per heavy atom. The van der Waals surface area contributed by atoms with E-state index in [2.05, 4.69) is 72.7 Å². The van der Waals surface area contributed by atoms with E-state index < -0.39 is 0 Å². The van der Waals surface area contributed by atoms with Gasteiger partial charge in [0, 0.05) is 5.56 Å². The maximum atomic E-state index is 11.6. The number of alkyl halides is 1. The van der Waals surface area contributed by atoms with Crippen LogP contribution in [0.5, 0.6) is 0 Å². The largest absolute Gasteiger partial charge is 0.301 e. The third-order valence-corrected chi connectivity index (χ3v) is 4.90. The highest BCUT2D eigenvalue weighted by Gasteiger charge is 2.16. The zero-order chi connectivity index (χ0) is 17.1. The highest BCUT2D eigenvalue weighted by molar-refractivity contribution is 7.19. The highest BCUT2D eigenvalue weighted by Crippen LogP contribution is 2.39. The molecule has 0 spiro atoms. The molecule has 0 saturated carbocycles. The lowest BCUT2D eigenvalue weighted by Gasteiger charge is -2.04. The van der Waals surface area contributed by atoms with Crippen LogP contribution in [0.15, 0.2) is 48.5 Å². The molecule has 0 aliphatic heterocycles. The zero-order valence-corrected chi connectivity index (χ0v) is 15.0. The molecule has 0 bridgehead atoms. The lowest BCUT2D eigenvalue weighted by Crippen LogP contribution is -2.12. The predicted molar refractivity (Wildman–Crippen MR) is 102 cm³/mol. The molecule has 0 atom stereocenters. The normalized spacial score (nSPS) is 10.6. The number of carbonyl (C=O) groups excluding carboxylic acids is 1. The van der Waals surface area contributed by atoms with Crippen LogP contribution >= 0.6 is 22.9 Å². The van der Waals surface area contributed by atoms with E-state index in [1.807, 2.05) is 0 Å². The van der Waals surface area contributed by atoms with E-state index in [0.29, 0.717) is 5.13 Å². The zero-order valence-electron chi connectivity index (χ0n) is 13.5. The second kappa shape index (κ2) is 7.16. The van der Waals surface area contributed by atoms with E-state index >= 15 is 0 Å². The van der Waals surface area contributed by atoms with Crippen molar-refractivity contribution in [1.82, 2.24) is 4.98 Å². The van der Waals surface area contributed by atoms with Crippen LogP contribution in [0.3, 0.4) is 0 Å². The van der Waals surface area contributed by atoms with Crippen LogP contribution in [0.2, 0.25) is 0 Å². The van der Waals surface area contributed by atoms with Crippen molar-refractivity contribution in [2.24, 2.45) is 0 Å². The third kappa shape index (κ3) is 3.66. The molecule has 0 fully saturated rings. The number of aryl methyl sites for hydroxylation is 2. The Hall–Kier alpha value is -2.17. The fraction of sp³-hybridized carbons (Fsp3) is 0.158. The van der Waals surface area contributed by atoms with Gasteiger partial charge in [-0.05, 0) is 19.4 Å². The number of benzene rings is 2. The molecule has 3 rings (SSSR count). The summed E-state index contributed by atoms with van der Waals surface area (Å²) in [5.74, 6) is -0.337. The molecular formula is C19H17ClN2OS. The molecular weight excluding hydrogens is 340 g/mol. The van der Waals surface area contributed by atoms with Crippen LogP contribution in [0.1, 0.15) is 11.1 Å². The first-order valence-corrected chi connectivity index (χ1v) is 8.92. The van der Waals surface area contributed by atoms with Gasteiger partial charge >= 0.3 is 0 Å². The Balaban J connectivity index is 2.08. The molecule has 0 unspecified atom stereocenters. The maximum Gasteiger partial charge on any atom is 0.241 e. The third-order valence-electron chi connectivity index (χ3n) is 3.63. The van der Waals surface area contributed by atoms with Gasteiger partial charge in [-0.1, -0.05) is 71.0 Å². The summed E-state index contributed by atoms with van der Waals surface area (Å²) in [6, 6.07) is 16.5. The van der Waals surface area contributed by atoms with Crippen molar-refractivity contribution in [1.29, 1.82) is 0 Å². The summed E-state index contributed by atoms with van der Waals surface area (Å²) in [5, 5.41) is 3.31. The van der Waals surface area contributed by atoms with Gasteiger partial charge in [-0.15, -0.1) is 11.6 Å². The van der Waals surface area contributed by atoms with Gasteiger partial charge < -0.3 is 5.32 Å². The minimum absolute atomic E-state index is 0.0840. The molecule has 0 aliphatic rings. The van der Waals surface area contributed by atoms with Crippen molar-refractivity contribution in [2.45, 2.75) is 13.8 Å². The molecule has 122 valence electrons. The van der Waals surface area contributed by atoms with Crippen molar-refractivity contribution in [2.75, 3.05) is 11.2 Å². The summed E-state index contributed by atoms with van der Waals surface area (Å²) in [4.78, 5) is 17.2. The summed E-state index contributed by atoms with van der Waals surface area (Å²) in [6.45, 7) is 4.11. The minimum Gasteiger partial charge on any atom is -0.301 e. The minimum atomic E-state index is -0.253. The van der Waals surface area contributed by atoms with Crippen LogP contribution in [-0.4, -0.2) is 16.8 Å². The number of carbonyl (C=O) groups is 1. The summed E-state index contributed by atoms with van der Waals surface area (Å²) in [5.41, 5.74) is 5.38. The van der Waals surface area contributed by atoms with E-state index in [-0.39, 0.29) is 11.8 Å². The topological polar surface area (TPSA) is 42.0 Å². The van der Waals surface area contributed by atoms with Crippen molar-refractivity contribution >= 4 is 34.0 Å². The molecule has 1 N–H and O–H groups in total. The van der Waals surface area contributed by atoms with Crippen LogP contribution in [0.4, 0.5) is 5.13 Å².